The van der Waals surface area contributed by atoms with E-state index in [-0.39, 0.29) is 0 Å². The molecule has 0 amide bonds. The van der Waals surface area contributed by atoms with E-state index < -0.39 is 0 Å². The van der Waals surface area contributed by atoms with Crippen LogP contribution < -0.4 is 4.90 Å². The summed E-state index contributed by atoms with van der Waals surface area (Å²) in [6.45, 7) is 4.16. The Morgan fingerprint density at radius 3 is 2.72 bits per heavy atom. The predicted octanol–water partition coefficient (Wildman–Crippen LogP) is 2.04. The van der Waals surface area contributed by atoms with E-state index in [0.717, 1.165) is 30.5 Å². The lowest BCUT2D eigenvalue weighted by Crippen LogP contribution is -2.33. The van der Waals surface area contributed by atoms with Crippen LogP contribution in [0.4, 0.5) is 5.95 Å². The van der Waals surface area contributed by atoms with Crippen molar-refractivity contribution in [2.24, 2.45) is 11.8 Å². The van der Waals surface area contributed by atoms with Crippen molar-refractivity contribution in [2.45, 2.75) is 32.3 Å². The molecule has 18 heavy (non-hydrogen) atoms. The Morgan fingerprint density at radius 1 is 1.22 bits per heavy atom. The van der Waals surface area contributed by atoms with Crippen LogP contribution in [-0.2, 0) is 4.74 Å². The SMILES string of the molecule is CO[C@H]1CCC[C@@H]2CN(c3ncc(C)cn3)C[C@@H]21. The van der Waals surface area contributed by atoms with Crippen LogP contribution in [0.25, 0.3) is 0 Å². The Hall–Kier alpha value is -1.16. The van der Waals surface area contributed by atoms with Crippen LogP contribution in [0.3, 0.4) is 0 Å². The fraction of sp³-hybridized carbons (Fsp3) is 0.714. The van der Waals surface area contributed by atoms with Crippen LogP contribution >= 0.6 is 0 Å². The Kier molecular flexibility index (Phi) is 3.20. The Morgan fingerprint density at radius 2 is 2.00 bits per heavy atom. The maximum atomic E-state index is 5.64. The lowest BCUT2D eigenvalue weighted by Gasteiger charge is -2.31. The highest BCUT2D eigenvalue weighted by Crippen LogP contribution is 2.38. The summed E-state index contributed by atoms with van der Waals surface area (Å²) >= 11 is 0. The first-order valence-corrected chi connectivity index (χ1v) is 6.84. The summed E-state index contributed by atoms with van der Waals surface area (Å²) in [7, 11) is 1.85. The summed E-state index contributed by atoms with van der Waals surface area (Å²) in [4.78, 5) is 11.2. The van der Waals surface area contributed by atoms with Gasteiger partial charge < -0.3 is 9.64 Å². The quantitative estimate of drug-likeness (QED) is 0.801. The van der Waals surface area contributed by atoms with E-state index in [4.69, 9.17) is 4.74 Å². The second-order valence-electron chi connectivity index (χ2n) is 5.59. The number of aromatic nitrogens is 2. The minimum Gasteiger partial charge on any atom is -0.381 e. The summed E-state index contributed by atoms with van der Waals surface area (Å²) in [5.41, 5.74) is 1.12. The molecule has 98 valence electrons. The van der Waals surface area contributed by atoms with Gasteiger partial charge in [0.25, 0.3) is 0 Å². The van der Waals surface area contributed by atoms with E-state index in [9.17, 15) is 0 Å². The van der Waals surface area contributed by atoms with Crippen molar-refractivity contribution in [1.82, 2.24) is 9.97 Å². The number of methoxy groups -OCH3 is 1. The van der Waals surface area contributed by atoms with Crippen LogP contribution in [0.5, 0.6) is 0 Å². The van der Waals surface area contributed by atoms with Gasteiger partial charge in [-0.25, -0.2) is 9.97 Å². The average Bonchev–Trinajstić information content (AvgIpc) is 2.83. The highest BCUT2D eigenvalue weighted by molar-refractivity contribution is 5.32. The topological polar surface area (TPSA) is 38.2 Å². The van der Waals surface area contributed by atoms with Gasteiger partial charge in [0.2, 0.25) is 5.95 Å². The molecule has 1 aliphatic heterocycles. The summed E-state index contributed by atoms with van der Waals surface area (Å²) in [5, 5.41) is 0. The molecule has 1 aromatic rings. The largest absolute Gasteiger partial charge is 0.381 e. The Balaban J connectivity index is 1.75. The Labute approximate surface area is 108 Å². The molecular formula is C14H21N3O. The molecule has 2 fully saturated rings. The molecule has 2 aliphatic rings. The minimum absolute atomic E-state index is 0.430. The maximum absolute atomic E-state index is 5.64. The number of aryl methyl sites for hydroxylation is 1. The van der Waals surface area contributed by atoms with Gasteiger partial charge >= 0.3 is 0 Å². The smallest absolute Gasteiger partial charge is 0.225 e. The van der Waals surface area contributed by atoms with Crippen molar-refractivity contribution in [2.75, 3.05) is 25.1 Å². The van der Waals surface area contributed by atoms with Crippen molar-refractivity contribution >= 4 is 5.95 Å². The molecule has 0 bridgehead atoms. The highest BCUT2D eigenvalue weighted by atomic mass is 16.5. The number of anilines is 1. The summed E-state index contributed by atoms with van der Waals surface area (Å²) in [6, 6.07) is 0. The second kappa shape index (κ2) is 4.84. The van der Waals surface area contributed by atoms with Gasteiger partial charge in [-0.1, -0.05) is 6.42 Å². The van der Waals surface area contributed by atoms with Crippen molar-refractivity contribution < 1.29 is 4.74 Å². The zero-order valence-electron chi connectivity index (χ0n) is 11.2. The first-order chi connectivity index (χ1) is 8.78. The van der Waals surface area contributed by atoms with Crippen molar-refractivity contribution in [3.8, 4) is 0 Å². The molecule has 0 spiro atoms. The normalized spacial score (nSPS) is 31.4. The van der Waals surface area contributed by atoms with Gasteiger partial charge in [-0.05, 0) is 31.2 Å². The monoisotopic (exact) mass is 247 g/mol. The van der Waals surface area contributed by atoms with E-state index in [1.807, 2.05) is 26.4 Å². The molecule has 3 atom stereocenters. The van der Waals surface area contributed by atoms with Gasteiger partial charge in [0.1, 0.15) is 0 Å². The number of hydrogen-bond acceptors (Lipinski definition) is 4. The van der Waals surface area contributed by atoms with Gasteiger partial charge in [0, 0.05) is 38.5 Å². The number of hydrogen-bond donors (Lipinski definition) is 0. The van der Waals surface area contributed by atoms with E-state index >= 15 is 0 Å². The van der Waals surface area contributed by atoms with Crippen molar-refractivity contribution in [1.29, 1.82) is 0 Å². The number of ether oxygens (including phenoxy) is 1. The molecular weight excluding hydrogens is 226 g/mol. The zero-order valence-corrected chi connectivity index (χ0v) is 11.2. The number of nitrogens with zero attached hydrogens (tertiary/aromatic N) is 3. The van der Waals surface area contributed by atoms with E-state index in [1.54, 1.807) is 0 Å². The lowest BCUT2D eigenvalue weighted by molar-refractivity contribution is 0.0140. The molecule has 2 heterocycles. The highest BCUT2D eigenvalue weighted by Gasteiger charge is 2.41. The third-order valence-corrected chi connectivity index (χ3v) is 4.39. The average molecular weight is 247 g/mol. The number of rotatable bonds is 2. The van der Waals surface area contributed by atoms with Gasteiger partial charge in [-0.15, -0.1) is 0 Å². The predicted molar refractivity (Wildman–Crippen MR) is 70.6 cm³/mol. The molecule has 1 saturated carbocycles. The number of fused-ring (bicyclic) bond motifs is 1. The molecule has 0 N–H and O–H groups in total. The molecule has 1 aromatic heterocycles. The fourth-order valence-corrected chi connectivity index (χ4v) is 3.42. The van der Waals surface area contributed by atoms with Crippen LogP contribution in [0.2, 0.25) is 0 Å². The van der Waals surface area contributed by atoms with E-state index in [1.165, 1.54) is 19.3 Å². The standard InChI is InChI=1S/C14H21N3O/c1-10-6-15-14(16-7-10)17-8-11-4-3-5-13(18-2)12(11)9-17/h6-7,11-13H,3-5,8-9H2,1-2H3/t11-,12+,13+/m1/s1. The third kappa shape index (κ3) is 2.09. The molecule has 3 rings (SSSR count). The maximum Gasteiger partial charge on any atom is 0.225 e. The van der Waals surface area contributed by atoms with Crippen molar-refractivity contribution in [3.05, 3.63) is 18.0 Å². The molecule has 0 radical (unpaired) electrons. The van der Waals surface area contributed by atoms with Gasteiger partial charge in [-0.3, -0.25) is 0 Å². The molecule has 1 aliphatic carbocycles. The molecule has 0 aromatic carbocycles. The fourth-order valence-electron chi connectivity index (χ4n) is 3.42. The molecule has 1 saturated heterocycles. The van der Waals surface area contributed by atoms with Crippen LogP contribution in [-0.4, -0.2) is 36.3 Å². The van der Waals surface area contributed by atoms with Gasteiger partial charge in [-0.2, -0.15) is 0 Å². The summed E-state index contributed by atoms with van der Waals surface area (Å²) in [5.74, 6) is 2.30. The third-order valence-electron chi connectivity index (χ3n) is 4.39. The molecule has 0 unspecified atom stereocenters. The Bertz CT molecular complexity index is 406. The van der Waals surface area contributed by atoms with E-state index in [0.29, 0.717) is 12.0 Å². The lowest BCUT2D eigenvalue weighted by atomic mass is 9.79. The molecule has 4 nitrogen and oxygen atoms in total. The molecule has 4 heteroatoms. The minimum atomic E-state index is 0.430. The first-order valence-electron chi connectivity index (χ1n) is 6.84. The van der Waals surface area contributed by atoms with Crippen LogP contribution in [0.15, 0.2) is 12.4 Å². The van der Waals surface area contributed by atoms with Crippen molar-refractivity contribution in [3.63, 3.8) is 0 Å². The van der Waals surface area contributed by atoms with E-state index in [2.05, 4.69) is 14.9 Å². The summed E-state index contributed by atoms with van der Waals surface area (Å²) < 4.78 is 5.64. The van der Waals surface area contributed by atoms with Gasteiger partial charge in [0.15, 0.2) is 0 Å². The van der Waals surface area contributed by atoms with Crippen LogP contribution in [0, 0.1) is 18.8 Å². The second-order valence-corrected chi connectivity index (χ2v) is 5.59. The first kappa shape index (κ1) is 11.9. The zero-order chi connectivity index (χ0) is 12.5. The summed E-state index contributed by atoms with van der Waals surface area (Å²) in [6.07, 6.45) is 8.06. The van der Waals surface area contributed by atoms with Gasteiger partial charge in [0.05, 0.1) is 6.10 Å². The van der Waals surface area contributed by atoms with Crippen LogP contribution in [0.1, 0.15) is 24.8 Å².